The number of nitrogens with zero attached hydrogens (tertiary/aromatic N) is 1. The van der Waals surface area contributed by atoms with Gasteiger partial charge in [0.05, 0.1) is 5.75 Å². The summed E-state index contributed by atoms with van der Waals surface area (Å²) in [6.45, 7) is 3.60. The Kier molecular flexibility index (Phi) is 24.0. The summed E-state index contributed by atoms with van der Waals surface area (Å²) in [6.07, 6.45) is 21.8. The first-order chi connectivity index (χ1) is 12.5. The van der Waals surface area contributed by atoms with Gasteiger partial charge in [-0.2, -0.15) is 8.42 Å². The molecule has 0 fully saturated rings. The third kappa shape index (κ3) is 26.9. The van der Waals surface area contributed by atoms with Gasteiger partial charge in [-0.15, -0.1) is 0 Å². The maximum atomic E-state index is 10.7. The molecule has 0 aliphatic rings. The van der Waals surface area contributed by atoms with E-state index in [1.165, 1.54) is 96.3 Å². The van der Waals surface area contributed by atoms with Crippen molar-refractivity contribution in [3.63, 3.8) is 0 Å². The average molecular weight is 416 g/mol. The molecule has 0 aromatic carbocycles. The third-order valence-electron chi connectivity index (χ3n) is 5.12. The molecular formula is C21H46NNaO3S. The molecule has 0 aliphatic carbocycles. The standard InChI is InChI=1S/C21H45NO3S.Na.H/c1-3-4-5-6-7-8-9-10-11-12-13-14-15-16-17-18-19-22(2)20-21-26(23,24)25;;/h3-21H2,1-2H3,(H,23,24,25);;. The molecule has 0 saturated carbocycles. The van der Waals surface area contributed by atoms with Crippen LogP contribution in [0.3, 0.4) is 0 Å². The van der Waals surface area contributed by atoms with E-state index in [4.69, 9.17) is 4.55 Å². The summed E-state index contributed by atoms with van der Waals surface area (Å²) in [5.74, 6) is -0.164. The van der Waals surface area contributed by atoms with Crippen molar-refractivity contribution in [3.05, 3.63) is 0 Å². The molecule has 0 amide bonds. The van der Waals surface area contributed by atoms with Crippen LogP contribution in [0.2, 0.25) is 0 Å². The minimum absolute atomic E-state index is 0. The fourth-order valence-electron chi connectivity index (χ4n) is 3.31. The van der Waals surface area contributed by atoms with E-state index in [9.17, 15) is 8.42 Å². The quantitative estimate of drug-likeness (QED) is 0.164. The van der Waals surface area contributed by atoms with Gasteiger partial charge in [-0.25, -0.2) is 0 Å². The first-order valence-electron chi connectivity index (χ1n) is 11.1. The van der Waals surface area contributed by atoms with Crippen molar-refractivity contribution in [2.45, 2.75) is 110 Å². The van der Waals surface area contributed by atoms with Crippen LogP contribution in [0.5, 0.6) is 0 Å². The summed E-state index contributed by atoms with van der Waals surface area (Å²) in [6, 6.07) is 0. The van der Waals surface area contributed by atoms with Gasteiger partial charge in [-0.05, 0) is 20.0 Å². The monoisotopic (exact) mass is 415 g/mol. The average Bonchev–Trinajstić information content (AvgIpc) is 2.59. The molecule has 0 bridgehead atoms. The fraction of sp³-hybridized carbons (Fsp3) is 1.00. The first-order valence-corrected chi connectivity index (χ1v) is 12.7. The van der Waals surface area contributed by atoms with Gasteiger partial charge in [0.25, 0.3) is 10.1 Å². The molecule has 0 atom stereocenters. The molecule has 160 valence electrons. The number of unbranched alkanes of at least 4 members (excludes halogenated alkanes) is 15. The Morgan fingerprint density at radius 2 is 0.963 bits per heavy atom. The SMILES string of the molecule is CCCCCCCCCCCCCCCCCCN(C)CCS(=O)(=O)O.[NaH]. The minimum atomic E-state index is -3.82. The number of hydrogen-bond donors (Lipinski definition) is 1. The summed E-state index contributed by atoms with van der Waals surface area (Å²) < 4.78 is 30.1. The van der Waals surface area contributed by atoms with E-state index in [1.54, 1.807) is 0 Å². The molecule has 0 aromatic heterocycles. The summed E-state index contributed by atoms with van der Waals surface area (Å²) in [5.41, 5.74) is 0. The third-order valence-corrected chi connectivity index (χ3v) is 5.82. The van der Waals surface area contributed by atoms with Gasteiger partial charge in [-0.3, -0.25) is 4.55 Å². The van der Waals surface area contributed by atoms with Crippen LogP contribution >= 0.6 is 0 Å². The normalized spacial score (nSPS) is 11.7. The molecule has 0 unspecified atom stereocenters. The topological polar surface area (TPSA) is 57.6 Å². The molecule has 27 heavy (non-hydrogen) atoms. The Morgan fingerprint density at radius 1 is 0.630 bits per heavy atom. The first kappa shape index (κ1) is 30.1. The van der Waals surface area contributed by atoms with Crippen LogP contribution in [0, 0.1) is 0 Å². The molecule has 0 rings (SSSR count). The van der Waals surface area contributed by atoms with Crippen LogP contribution in [-0.2, 0) is 10.1 Å². The van der Waals surface area contributed by atoms with Crippen LogP contribution in [0.4, 0.5) is 0 Å². The molecule has 0 aromatic rings. The van der Waals surface area contributed by atoms with E-state index in [0.717, 1.165) is 13.0 Å². The maximum absolute atomic E-state index is 10.7. The molecule has 1 N–H and O–H groups in total. The Balaban J connectivity index is 0. The van der Waals surface area contributed by atoms with Crippen molar-refractivity contribution in [1.29, 1.82) is 0 Å². The van der Waals surface area contributed by atoms with Gasteiger partial charge in [0.2, 0.25) is 0 Å². The van der Waals surface area contributed by atoms with Crippen LogP contribution in [0.25, 0.3) is 0 Å². The number of hydrogen-bond acceptors (Lipinski definition) is 3. The van der Waals surface area contributed by atoms with Gasteiger partial charge in [0.1, 0.15) is 0 Å². The second-order valence-corrected chi connectivity index (χ2v) is 9.46. The fourth-order valence-corrected chi connectivity index (χ4v) is 3.86. The van der Waals surface area contributed by atoms with E-state index >= 15 is 0 Å². The summed E-state index contributed by atoms with van der Waals surface area (Å²) >= 11 is 0. The van der Waals surface area contributed by atoms with Crippen molar-refractivity contribution >= 4 is 39.7 Å². The Hall–Kier alpha value is 0.870. The Morgan fingerprint density at radius 3 is 1.30 bits per heavy atom. The van der Waals surface area contributed by atoms with Crippen molar-refractivity contribution in [2.24, 2.45) is 0 Å². The molecule has 0 heterocycles. The molecule has 0 aliphatic heterocycles. The zero-order chi connectivity index (χ0) is 19.5. The van der Waals surface area contributed by atoms with Crippen LogP contribution < -0.4 is 0 Å². The zero-order valence-electron chi connectivity index (χ0n) is 17.6. The van der Waals surface area contributed by atoms with E-state index in [2.05, 4.69) is 6.92 Å². The predicted molar refractivity (Wildman–Crippen MR) is 121 cm³/mol. The molecular weight excluding hydrogens is 369 g/mol. The van der Waals surface area contributed by atoms with Gasteiger partial charge in [-0.1, -0.05) is 103 Å². The van der Waals surface area contributed by atoms with Gasteiger partial charge < -0.3 is 4.90 Å². The molecule has 0 radical (unpaired) electrons. The molecule has 0 spiro atoms. The molecule has 0 saturated heterocycles. The second-order valence-electron chi connectivity index (χ2n) is 7.89. The van der Waals surface area contributed by atoms with E-state index in [1.807, 2.05) is 11.9 Å². The number of rotatable bonds is 20. The Labute approximate surface area is 192 Å². The summed E-state index contributed by atoms with van der Waals surface area (Å²) in [7, 11) is -1.91. The molecule has 6 heteroatoms. The summed E-state index contributed by atoms with van der Waals surface area (Å²) in [5, 5.41) is 0. The Bertz CT molecular complexity index is 391. The van der Waals surface area contributed by atoms with E-state index in [-0.39, 0.29) is 35.3 Å². The second kappa shape index (κ2) is 21.6. The van der Waals surface area contributed by atoms with Gasteiger partial charge in [0.15, 0.2) is 0 Å². The summed E-state index contributed by atoms with van der Waals surface area (Å²) in [4.78, 5) is 1.98. The van der Waals surface area contributed by atoms with E-state index in [0.29, 0.717) is 6.54 Å². The van der Waals surface area contributed by atoms with Crippen molar-refractivity contribution in [2.75, 3.05) is 25.9 Å². The van der Waals surface area contributed by atoms with E-state index < -0.39 is 10.1 Å². The van der Waals surface area contributed by atoms with Crippen LogP contribution in [0.15, 0.2) is 0 Å². The van der Waals surface area contributed by atoms with Gasteiger partial charge in [0, 0.05) is 6.54 Å². The molecule has 4 nitrogen and oxygen atoms in total. The van der Waals surface area contributed by atoms with Crippen molar-refractivity contribution in [3.8, 4) is 0 Å². The van der Waals surface area contributed by atoms with Crippen molar-refractivity contribution in [1.82, 2.24) is 4.90 Å². The predicted octanol–water partition coefficient (Wildman–Crippen LogP) is 5.42. The van der Waals surface area contributed by atoms with Crippen LogP contribution in [-0.4, -0.2) is 73.3 Å². The van der Waals surface area contributed by atoms with Gasteiger partial charge >= 0.3 is 29.6 Å². The van der Waals surface area contributed by atoms with Crippen molar-refractivity contribution < 1.29 is 13.0 Å². The van der Waals surface area contributed by atoms with Crippen LogP contribution in [0.1, 0.15) is 110 Å². The zero-order valence-corrected chi connectivity index (χ0v) is 18.4.